The van der Waals surface area contributed by atoms with Gasteiger partial charge in [0.15, 0.2) is 5.71 Å². The van der Waals surface area contributed by atoms with Gasteiger partial charge in [0, 0.05) is 52.4 Å². The van der Waals surface area contributed by atoms with Crippen LogP contribution in [0.3, 0.4) is 0 Å². The van der Waals surface area contributed by atoms with Crippen LogP contribution >= 0.6 is 12.0 Å². The van der Waals surface area contributed by atoms with Crippen molar-refractivity contribution in [2.45, 2.75) is 74.0 Å². The van der Waals surface area contributed by atoms with E-state index in [2.05, 4.69) is 27.8 Å². The predicted octanol–water partition coefficient (Wildman–Crippen LogP) is 9.89. The molecule has 3 aliphatic rings. The Kier molecular flexibility index (Phi) is 13.7. The number of fused-ring (bicyclic) bond motifs is 6. The number of nitrogens with zero attached hydrogens (tertiary/aromatic N) is 2. The van der Waals surface area contributed by atoms with Crippen LogP contribution < -0.4 is 9.64 Å². The normalized spacial score (nSPS) is 18.3. The second kappa shape index (κ2) is 19.0. The first-order chi connectivity index (χ1) is 32.1. The fourth-order valence-corrected chi connectivity index (χ4v) is 11.7. The maximum Gasteiger partial charge on any atom is 0.294 e. The van der Waals surface area contributed by atoms with Gasteiger partial charge in [-0.2, -0.15) is 29.8 Å². The molecule has 8 rings (SSSR count). The number of anilines is 1. The molecule has 0 fully saturated rings. The Hall–Kier alpha value is -5.19. The second-order valence-electron chi connectivity index (χ2n) is 18.0. The van der Waals surface area contributed by atoms with Crippen molar-refractivity contribution < 1.29 is 62.9 Å². The van der Waals surface area contributed by atoms with E-state index >= 15 is 0 Å². The molecule has 68 heavy (non-hydrogen) atoms. The van der Waals surface area contributed by atoms with Crippen LogP contribution in [0.4, 0.5) is 11.4 Å². The van der Waals surface area contributed by atoms with Gasteiger partial charge in [0.1, 0.15) is 18.1 Å². The highest BCUT2D eigenvalue weighted by atomic mass is 32.2. The summed E-state index contributed by atoms with van der Waals surface area (Å²) < 4.78 is 114. The van der Waals surface area contributed by atoms with Crippen LogP contribution in [0.15, 0.2) is 148 Å². The molecule has 2 aliphatic heterocycles. The van der Waals surface area contributed by atoms with Gasteiger partial charge in [-0.3, -0.25) is 13.7 Å². The zero-order chi connectivity index (χ0) is 48.8. The fourth-order valence-electron chi connectivity index (χ4n) is 9.82. The van der Waals surface area contributed by atoms with Gasteiger partial charge in [-0.25, -0.2) is 5.26 Å². The lowest BCUT2D eigenvalue weighted by Gasteiger charge is -2.27. The molecule has 0 radical (unpaired) electrons. The molecule has 0 unspecified atom stereocenters. The highest BCUT2D eigenvalue weighted by Gasteiger charge is 2.46. The number of para-hydroxylation sites is 1. The van der Waals surface area contributed by atoms with Crippen LogP contribution in [0.1, 0.15) is 64.5 Å². The van der Waals surface area contributed by atoms with Gasteiger partial charge in [-0.1, -0.05) is 61.4 Å². The number of benzene rings is 5. The lowest BCUT2D eigenvalue weighted by Crippen LogP contribution is -2.28. The summed E-state index contributed by atoms with van der Waals surface area (Å²) in [6.45, 7) is 8.85. The van der Waals surface area contributed by atoms with Crippen molar-refractivity contribution in [3.63, 3.8) is 0 Å². The number of hydrogen-bond acceptors (Lipinski definition) is 12. The van der Waals surface area contributed by atoms with Crippen molar-refractivity contribution in [1.82, 2.24) is 0 Å². The molecule has 4 N–H and O–H groups in total. The zero-order valence-corrected chi connectivity index (χ0v) is 40.9. The molecule has 0 saturated heterocycles. The molecule has 0 bridgehead atoms. The first-order valence-electron chi connectivity index (χ1n) is 21.7. The van der Waals surface area contributed by atoms with Crippen molar-refractivity contribution in [2.24, 2.45) is 0 Å². The monoisotopic (exact) mass is 1000 g/mol. The SMILES string of the molecule is CC1(C)C(=CC=C2CCC(C=CC3=[N+](CCCS(=O)(=O)O)c4ccc5cc(SOOO)ccc5c4C3(C)C)=C2Oc2ccccc2)N(CCCS(=O)(=O)O)c2ccc3cc(S(=O)(=O)O)ccc3c21. The van der Waals surface area contributed by atoms with E-state index in [9.17, 15) is 38.9 Å². The topological polar surface area (TPSA) is 217 Å². The highest BCUT2D eigenvalue weighted by Crippen LogP contribution is 2.52. The minimum absolute atomic E-state index is 0.121. The largest absolute Gasteiger partial charge is 0.457 e. The summed E-state index contributed by atoms with van der Waals surface area (Å²) in [6, 6.07) is 27.2. The van der Waals surface area contributed by atoms with E-state index in [0.717, 1.165) is 73.3 Å². The standard InChI is InChI=1S/C49H50N2O13S4/c1-48(2)43(50(26-8-28-66(53,54)55)41-22-14-34-30-37(65-64-63-52)18-20-39(34)45(41)48)24-16-32-12-13-33(47(32)62-36-10-6-5-7-11-36)17-25-44-49(3,4)46-40-21-19-38(68(59,60)61)31-35(40)15-23-42(46)51(44)27-9-29-67(56,57)58/h5-7,10-11,14-25,30-31H,8-9,12-13,26-29H2,1-4H3,(H3-,52,53,54,55,56,57,58,59,60,61)/p+1. The van der Waals surface area contributed by atoms with Crippen molar-refractivity contribution in [1.29, 1.82) is 0 Å². The predicted molar refractivity (Wildman–Crippen MR) is 262 cm³/mol. The number of ether oxygens (including phenoxy) is 1. The summed E-state index contributed by atoms with van der Waals surface area (Å²) in [5, 5.41) is 15.8. The molecule has 0 spiro atoms. The van der Waals surface area contributed by atoms with Crippen molar-refractivity contribution >= 4 is 81.0 Å². The molecule has 5 aromatic carbocycles. The van der Waals surface area contributed by atoms with Crippen molar-refractivity contribution in [3.05, 3.63) is 149 Å². The third kappa shape index (κ3) is 10.2. The molecule has 0 amide bonds. The number of rotatable bonds is 17. The average molecular weight is 1000 g/mol. The molecule has 19 heteroatoms. The van der Waals surface area contributed by atoms with Gasteiger partial charge in [-0.15, -0.1) is 4.33 Å². The number of allylic oxidation sites excluding steroid dienone is 7. The van der Waals surface area contributed by atoms with Crippen LogP contribution in [0.25, 0.3) is 21.5 Å². The molecule has 0 atom stereocenters. The van der Waals surface area contributed by atoms with Gasteiger partial charge < -0.3 is 9.64 Å². The van der Waals surface area contributed by atoms with Crippen molar-refractivity contribution in [3.8, 4) is 5.75 Å². The van der Waals surface area contributed by atoms with Crippen LogP contribution in [-0.2, 0) is 50.6 Å². The quantitative estimate of drug-likeness (QED) is 0.0224. The fraction of sp³-hybridized carbons (Fsp3) is 0.286. The molecule has 1 aliphatic carbocycles. The van der Waals surface area contributed by atoms with E-state index in [0.29, 0.717) is 41.2 Å². The van der Waals surface area contributed by atoms with E-state index in [1.54, 1.807) is 12.1 Å². The van der Waals surface area contributed by atoms with E-state index in [1.165, 1.54) is 12.1 Å². The van der Waals surface area contributed by atoms with Crippen LogP contribution in [-0.4, -0.2) is 79.1 Å². The van der Waals surface area contributed by atoms with E-state index in [4.69, 9.17) is 9.99 Å². The second-order valence-corrected chi connectivity index (χ2v) is 23.3. The maximum atomic E-state index is 12.1. The van der Waals surface area contributed by atoms with E-state index < -0.39 is 52.7 Å². The van der Waals surface area contributed by atoms with Gasteiger partial charge in [-0.05, 0) is 132 Å². The Morgan fingerprint density at radius 3 is 2.12 bits per heavy atom. The molecule has 2 heterocycles. The summed E-state index contributed by atoms with van der Waals surface area (Å²) in [7, 11) is -12.9. The summed E-state index contributed by atoms with van der Waals surface area (Å²) in [5.74, 6) is 0.415. The first kappa shape index (κ1) is 49.2. The molecule has 15 nitrogen and oxygen atoms in total. The number of hydrogen-bond donors (Lipinski definition) is 4. The lowest BCUT2D eigenvalue weighted by atomic mass is 9.79. The maximum absolute atomic E-state index is 12.1. The van der Waals surface area contributed by atoms with Crippen molar-refractivity contribution in [2.75, 3.05) is 29.5 Å². The third-order valence-electron chi connectivity index (χ3n) is 12.8. The summed E-state index contributed by atoms with van der Waals surface area (Å²) in [4.78, 5) is 2.49. The Morgan fingerprint density at radius 1 is 0.735 bits per heavy atom. The van der Waals surface area contributed by atoms with Gasteiger partial charge in [0.2, 0.25) is 5.69 Å². The molecule has 5 aromatic rings. The zero-order valence-electron chi connectivity index (χ0n) is 37.6. The highest BCUT2D eigenvalue weighted by molar-refractivity contribution is 7.94. The third-order valence-corrected chi connectivity index (χ3v) is 15.8. The summed E-state index contributed by atoms with van der Waals surface area (Å²) in [5.41, 5.74) is 5.86. The molecular weight excluding hydrogens is 953 g/mol. The molecule has 0 aromatic heterocycles. The van der Waals surface area contributed by atoms with Crippen LogP contribution in [0.5, 0.6) is 5.75 Å². The average Bonchev–Trinajstić information content (AvgIpc) is 3.83. The molecule has 0 saturated carbocycles. The summed E-state index contributed by atoms with van der Waals surface area (Å²) in [6.07, 6.45) is 9.61. The van der Waals surface area contributed by atoms with Crippen LogP contribution in [0, 0.1) is 0 Å². The van der Waals surface area contributed by atoms with Gasteiger partial charge in [0.25, 0.3) is 30.4 Å². The Bertz CT molecular complexity index is 3340. The van der Waals surface area contributed by atoms with Gasteiger partial charge >= 0.3 is 0 Å². The Labute approximate surface area is 400 Å². The summed E-state index contributed by atoms with van der Waals surface area (Å²) >= 11 is 0.859. The molecule has 358 valence electrons. The first-order valence-corrected chi connectivity index (χ1v) is 27.1. The minimum Gasteiger partial charge on any atom is -0.457 e. The Balaban J connectivity index is 1.22. The molecular formula is C49H51N2O13S4+. The smallest absolute Gasteiger partial charge is 0.294 e. The van der Waals surface area contributed by atoms with E-state index in [-0.39, 0.29) is 24.3 Å². The van der Waals surface area contributed by atoms with Crippen LogP contribution in [0.2, 0.25) is 0 Å². The lowest BCUT2D eigenvalue weighted by molar-refractivity contribution is -0.437. The minimum atomic E-state index is -4.46. The Morgan fingerprint density at radius 2 is 1.41 bits per heavy atom. The van der Waals surface area contributed by atoms with E-state index in [1.807, 2.05) is 110 Å². The van der Waals surface area contributed by atoms with Gasteiger partial charge in [0.05, 0.1) is 33.9 Å².